The van der Waals surface area contributed by atoms with E-state index in [9.17, 15) is 0 Å². The Hall–Kier alpha value is -3.39. The van der Waals surface area contributed by atoms with Gasteiger partial charge in [-0.2, -0.15) is 14.7 Å². The molecule has 0 fully saturated rings. The topological polar surface area (TPSA) is 84.7 Å². The van der Waals surface area contributed by atoms with Crippen LogP contribution >= 0.6 is 11.3 Å². The predicted molar refractivity (Wildman–Crippen MR) is 99.6 cm³/mol. The lowest BCUT2D eigenvalue weighted by Gasteiger charge is -1.95. The zero-order chi connectivity index (χ0) is 17.5. The van der Waals surface area contributed by atoms with Crippen LogP contribution in [0.2, 0.25) is 0 Å². The first-order valence-electron chi connectivity index (χ1n) is 8.04. The van der Waals surface area contributed by atoms with Crippen LogP contribution in [-0.2, 0) is 0 Å². The molecule has 0 atom stereocenters. The Morgan fingerprint density at radius 2 is 1.88 bits per heavy atom. The highest BCUT2D eigenvalue weighted by Crippen LogP contribution is 2.28. The molecule has 5 rings (SSSR count). The fraction of sp³-hybridized carbons (Fsp3) is 0.0556. The molecule has 0 bridgehead atoms. The molecule has 7 nitrogen and oxygen atoms in total. The van der Waals surface area contributed by atoms with Crippen LogP contribution in [0, 0.1) is 6.92 Å². The van der Waals surface area contributed by atoms with Crippen molar-refractivity contribution in [1.29, 1.82) is 0 Å². The van der Waals surface area contributed by atoms with Crippen molar-refractivity contribution in [3.63, 3.8) is 0 Å². The molecule has 0 aliphatic carbocycles. The van der Waals surface area contributed by atoms with E-state index in [2.05, 4.69) is 30.5 Å². The van der Waals surface area contributed by atoms with Gasteiger partial charge < -0.3 is 0 Å². The summed E-state index contributed by atoms with van der Waals surface area (Å²) in [7, 11) is 0. The summed E-state index contributed by atoms with van der Waals surface area (Å²) in [6, 6.07) is 15.9. The molecule has 0 aliphatic heterocycles. The maximum Gasteiger partial charge on any atom is 0.235 e. The van der Waals surface area contributed by atoms with Crippen molar-refractivity contribution in [2.75, 3.05) is 0 Å². The first-order valence-corrected chi connectivity index (χ1v) is 8.86. The number of rotatable bonds is 3. The Morgan fingerprint density at radius 1 is 1.00 bits per heavy atom. The average molecular weight is 359 g/mol. The molecule has 0 saturated heterocycles. The van der Waals surface area contributed by atoms with Gasteiger partial charge in [0.1, 0.15) is 10.7 Å². The van der Waals surface area contributed by atoms with Crippen molar-refractivity contribution in [3.8, 4) is 33.3 Å². The molecular weight excluding hydrogens is 346 g/mol. The van der Waals surface area contributed by atoms with E-state index in [1.165, 1.54) is 11.3 Å². The zero-order valence-corrected chi connectivity index (χ0v) is 14.6. The Kier molecular flexibility index (Phi) is 3.36. The Bertz CT molecular complexity index is 1190. The fourth-order valence-electron chi connectivity index (χ4n) is 2.69. The van der Waals surface area contributed by atoms with Crippen molar-refractivity contribution in [2.45, 2.75) is 6.92 Å². The number of aromatic amines is 1. The third-order valence-electron chi connectivity index (χ3n) is 4.04. The molecule has 0 saturated carbocycles. The SMILES string of the molecule is Cc1ccc(-c2nn3c(-c4cc(-c5ccccc5)n[nH]4)nnc3s2)cn1. The number of aromatic nitrogens is 7. The molecule has 1 N–H and O–H groups in total. The number of aryl methyl sites for hydroxylation is 1. The molecule has 4 heterocycles. The highest BCUT2D eigenvalue weighted by atomic mass is 32.1. The van der Waals surface area contributed by atoms with Crippen molar-refractivity contribution >= 4 is 16.3 Å². The average Bonchev–Trinajstić information content (AvgIpc) is 3.38. The van der Waals surface area contributed by atoms with E-state index < -0.39 is 0 Å². The second-order valence-corrected chi connectivity index (χ2v) is 6.80. The normalized spacial score (nSPS) is 11.3. The summed E-state index contributed by atoms with van der Waals surface area (Å²) < 4.78 is 1.74. The highest BCUT2D eigenvalue weighted by Gasteiger charge is 2.16. The van der Waals surface area contributed by atoms with Crippen molar-refractivity contribution in [3.05, 3.63) is 60.4 Å². The second kappa shape index (κ2) is 5.85. The summed E-state index contributed by atoms with van der Waals surface area (Å²) in [5.41, 5.74) is 4.61. The molecule has 0 spiro atoms. The first kappa shape index (κ1) is 14.9. The van der Waals surface area contributed by atoms with Crippen LogP contribution < -0.4 is 0 Å². The maximum absolute atomic E-state index is 4.65. The number of hydrogen-bond acceptors (Lipinski definition) is 6. The molecular formula is C18H13N7S. The van der Waals surface area contributed by atoms with Crippen molar-refractivity contribution in [2.24, 2.45) is 0 Å². The molecule has 0 radical (unpaired) electrons. The van der Waals surface area contributed by atoms with Crippen molar-refractivity contribution < 1.29 is 0 Å². The molecule has 0 amide bonds. The Balaban J connectivity index is 1.56. The number of hydrogen-bond donors (Lipinski definition) is 1. The molecule has 0 unspecified atom stereocenters. The van der Waals surface area contributed by atoms with Crippen LogP contribution in [0.1, 0.15) is 5.69 Å². The van der Waals surface area contributed by atoms with E-state index >= 15 is 0 Å². The first-order chi connectivity index (χ1) is 12.8. The number of benzene rings is 1. The van der Waals surface area contributed by atoms with E-state index in [1.54, 1.807) is 4.52 Å². The number of pyridine rings is 1. The minimum atomic E-state index is 0.636. The van der Waals surface area contributed by atoms with Gasteiger partial charge in [0.05, 0.1) is 5.69 Å². The van der Waals surface area contributed by atoms with Gasteiger partial charge in [0.25, 0.3) is 0 Å². The monoisotopic (exact) mass is 359 g/mol. The number of nitrogens with one attached hydrogen (secondary N) is 1. The highest BCUT2D eigenvalue weighted by molar-refractivity contribution is 7.19. The maximum atomic E-state index is 4.65. The largest absolute Gasteiger partial charge is 0.274 e. The summed E-state index contributed by atoms with van der Waals surface area (Å²) in [6.07, 6.45) is 1.82. The quantitative estimate of drug-likeness (QED) is 0.532. The molecule has 26 heavy (non-hydrogen) atoms. The van der Waals surface area contributed by atoms with Crippen LogP contribution in [0.25, 0.3) is 38.3 Å². The van der Waals surface area contributed by atoms with Gasteiger partial charge in [-0.1, -0.05) is 41.7 Å². The van der Waals surface area contributed by atoms with Crippen LogP contribution in [0.3, 0.4) is 0 Å². The second-order valence-electron chi connectivity index (χ2n) is 5.85. The van der Waals surface area contributed by atoms with E-state index in [0.717, 1.165) is 38.2 Å². The lowest BCUT2D eigenvalue weighted by atomic mass is 10.1. The van der Waals surface area contributed by atoms with Gasteiger partial charge in [-0.25, -0.2) is 0 Å². The zero-order valence-electron chi connectivity index (χ0n) is 13.8. The number of nitrogens with zero attached hydrogens (tertiary/aromatic N) is 6. The molecule has 1 aromatic carbocycles. The van der Waals surface area contributed by atoms with Gasteiger partial charge in [0.2, 0.25) is 10.8 Å². The van der Waals surface area contributed by atoms with E-state index in [0.29, 0.717) is 5.82 Å². The molecule has 0 aliphatic rings. The van der Waals surface area contributed by atoms with Crippen molar-refractivity contribution in [1.82, 2.24) is 35.0 Å². The van der Waals surface area contributed by atoms with Gasteiger partial charge >= 0.3 is 0 Å². The predicted octanol–water partition coefficient (Wildman–Crippen LogP) is 3.61. The molecule has 5 aromatic rings. The van der Waals surface area contributed by atoms with E-state index in [4.69, 9.17) is 0 Å². The third-order valence-corrected chi connectivity index (χ3v) is 4.99. The van der Waals surface area contributed by atoms with Crippen LogP contribution in [0.4, 0.5) is 0 Å². The minimum absolute atomic E-state index is 0.636. The van der Waals surface area contributed by atoms with Gasteiger partial charge in [0.15, 0.2) is 0 Å². The minimum Gasteiger partial charge on any atom is -0.274 e. The fourth-order valence-corrected chi connectivity index (χ4v) is 3.52. The van der Waals surface area contributed by atoms with Gasteiger partial charge in [0, 0.05) is 23.0 Å². The standard InChI is InChI=1S/C18H13N7S/c1-11-7-8-13(10-19-11)17-24-25-16(22-23-18(25)26-17)15-9-14(20-21-15)12-5-3-2-4-6-12/h2-10H,1H3,(H,20,21). The summed E-state index contributed by atoms with van der Waals surface area (Å²) in [4.78, 5) is 5.06. The van der Waals surface area contributed by atoms with Gasteiger partial charge in [-0.15, -0.1) is 10.2 Å². The Labute approximate surface area is 152 Å². The number of fused-ring (bicyclic) bond motifs is 1. The van der Waals surface area contributed by atoms with Gasteiger partial charge in [-0.05, 0) is 25.1 Å². The third kappa shape index (κ3) is 2.47. The molecule has 126 valence electrons. The smallest absolute Gasteiger partial charge is 0.235 e. The lowest BCUT2D eigenvalue weighted by molar-refractivity contribution is 0.954. The summed E-state index contributed by atoms with van der Waals surface area (Å²) >= 11 is 1.48. The van der Waals surface area contributed by atoms with E-state index in [1.807, 2.05) is 61.7 Å². The van der Waals surface area contributed by atoms with Crippen LogP contribution in [0.5, 0.6) is 0 Å². The molecule has 4 aromatic heterocycles. The van der Waals surface area contributed by atoms with Gasteiger partial charge in [-0.3, -0.25) is 10.1 Å². The van der Waals surface area contributed by atoms with Crippen LogP contribution in [0.15, 0.2) is 54.7 Å². The van der Waals surface area contributed by atoms with E-state index in [-0.39, 0.29) is 0 Å². The summed E-state index contributed by atoms with van der Waals surface area (Å²) in [5, 5.41) is 21.4. The van der Waals surface area contributed by atoms with Crippen LogP contribution in [-0.4, -0.2) is 35.0 Å². The Morgan fingerprint density at radius 3 is 2.69 bits per heavy atom. The summed E-state index contributed by atoms with van der Waals surface area (Å²) in [6.45, 7) is 1.96. The molecule has 8 heteroatoms. The number of H-pyrrole nitrogens is 1. The summed E-state index contributed by atoms with van der Waals surface area (Å²) in [5.74, 6) is 0.636. The lowest BCUT2D eigenvalue weighted by Crippen LogP contribution is -1.91.